The molecule has 0 unspecified atom stereocenters. The standard InChI is InChI=1S/C33H39ClN4O2/c1-24-19-25-20-30-31(35-23-29-7-6-13-38(29)33(30)39)21-26(25)22-32(24)40-18-5-3-2-4-12-36-14-16-37(17-15-36)28-10-8-27(34)9-11-28/h8-11,19-23,29H,2-7,12-18H2,1H3/t29-/m0/s1. The van der Waals surface area contributed by atoms with Crippen LogP contribution in [-0.2, 0) is 0 Å². The summed E-state index contributed by atoms with van der Waals surface area (Å²) in [6.45, 7) is 9.20. The number of nitrogens with zero attached hydrogens (tertiary/aromatic N) is 4. The van der Waals surface area contributed by atoms with Gasteiger partial charge in [-0.1, -0.05) is 24.4 Å². The number of halogens is 1. The van der Waals surface area contributed by atoms with Gasteiger partial charge in [-0.25, -0.2) is 0 Å². The number of hydrogen-bond donors (Lipinski definition) is 0. The van der Waals surface area contributed by atoms with Gasteiger partial charge in [0.2, 0.25) is 0 Å². The van der Waals surface area contributed by atoms with Crippen molar-refractivity contribution in [2.75, 3.05) is 50.8 Å². The van der Waals surface area contributed by atoms with Crippen molar-refractivity contribution in [3.63, 3.8) is 0 Å². The summed E-state index contributed by atoms with van der Waals surface area (Å²) in [6, 6.07) is 16.6. The first-order valence-corrected chi connectivity index (χ1v) is 15.2. The predicted molar refractivity (Wildman–Crippen MR) is 165 cm³/mol. The molecule has 3 aromatic rings. The average Bonchev–Trinajstić information content (AvgIpc) is 3.40. The van der Waals surface area contributed by atoms with Crippen molar-refractivity contribution in [3.8, 4) is 5.75 Å². The normalized spacial score (nSPS) is 19.1. The predicted octanol–water partition coefficient (Wildman–Crippen LogP) is 6.88. The van der Waals surface area contributed by atoms with Crippen molar-refractivity contribution in [1.29, 1.82) is 0 Å². The number of hydrogen-bond acceptors (Lipinski definition) is 5. The van der Waals surface area contributed by atoms with Gasteiger partial charge in [0.05, 0.1) is 23.9 Å². The fourth-order valence-electron chi connectivity index (χ4n) is 6.24. The van der Waals surface area contributed by atoms with Gasteiger partial charge in [0.15, 0.2) is 0 Å². The fraction of sp³-hybridized carbons (Fsp3) is 0.455. The minimum Gasteiger partial charge on any atom is -0.493 e. The van der Waals surface area contributed by atoms with Crippen LogP contribution in [0.2, 0.25) is 5.02 Å². The Labute approximate surface area is 242 Å². The van der Waals surface area contributed by atoms with Crippen LogP contribution in [0.25, 0.3) is 10.8 Å². The van der Waals surface area contributed by atoms with Gasteiger partial charge in [0, 0.05) is 49.6 Å². The number of aryl methyl sites for hydroxylation is 1. The Morgan fingerprint density at radius 3 is 2.52 bits per heavy atom. The molecule has 0 aromatic heterocycles. The van der Waals surface area contributed by atoms with Crippen LogP contribution < -0.4 is 9.64 Å². The maximum absolute atomic E-state index is 13.1. The SMILES string of the molecule is Cc1cc2cc3c(cc2cc1OCCCCCCN1CCN(c2ccc(Cl)cc2)CC1)N=C[C@@H]1CCCN1C3=O. The van der Waals surface area contributed by atoms with E-state index in [1.807, 2.05) is 35.4 Å². The van der Waals surface area contributed by atoms with Gasteiger partial charge in [0.25, 0.3) is 5.91 Å². The van der Waals surface area contributed by atoms with Crippen molar-refractivity contribution in [2.45, 2.75) is 51.5 Å². The van der Waals surface area contributed by atoms with E-state index in [1.165, 1.54) is 31.5 Å². The molecule has 1 atom stereocenters. The van der Waals surface area contributed by atoms with E-state index in [1.54, 1.807) is 0 Å². The summed E-state index contributed by atoms with van der Waals surface area (Å²) in [6.07, 6.45) is 8.71. The molecule has 3 aliphatic rings. The first kappa shape index (κ1) is 27.1. The molecule has 0 spiro atoms. The first-order valence-electron chi connectivity index (χ1n) is 14.8. The molecule has 6 nitrogen and oxygen atoms in total. The number of carbonyl (C=O) groups is 1. The molecule has 2 fully saturated rings. The average molecular weight is 559 g/mol. The minimum atomic E-state index is 0.107. The van der Waals surface area contributed by atoms with E-state index in [0.717, 1.165) is 91.4 Å². The van der Waals surface area contributed by atoms with E-state index >= 15 is 0 Å². The summed E-state index contributed by atoms with van der Waals surface area (Å²) in [5.41, 5.74) is 3.86. The van der Waals surface area contributed by atoms with E-state index in [2.05, 4.69) is 41.0 Å². The Morgan fingerprint density at radius 1 is 0.925 bits per heavy atom. The number of anilines is 1. The molecule has 0 radical (unpaired) electrons. The quantitative estimate of drug-likeness (QED) is 0.268. The molecular formula is C33H39ClN4O2. The molecule has 0 aliphatic carbocycles. The first-order chi connectivity index (χ1) is 19.5. The van der Waals surface area contributed by atoms with Crippen molar-refractivity contribution >= 4 is 45.9 Å². The Kier molecular flexibility index (Phi) is 8.26. The highest BCUT2D eigenvalue weighted by Crippen LogP contribution is 2.35. The van der Waals surface area contributed by atoms with Gasteiger partial charge < -0.3 is 14.5 Å². The summed E-state index contributed by atoms with van der Waals surface area (Å²) >= 11 is 6.03. The highest BCUT2D eigenvalue weighted by molar-refractivity contribution is 6.30. The zero-order valence-electron chi connectivity index (χ0n) is 23.4. The molecule has 3 heterocycles. The van der Waals surface area contributed by atoms with Gasteiger partial charge in [-0.05, 0) is 104 Å². The van der Waals surface area contributed by atoms with E-state index in [9.17, 15) is 4.79 Å². The summed E-state index contributed by atoms with van der Waals surface area (Å²) in [4.78, 5) is 24.8. The van der Waals surface area contributed by atoms with Crippen molar-refractivity contribution in [2.24, 2.45) is 4.99 Å². The number of aliphatic imine (C=N–C) groups is 1. The Hall–Kier alpha value is -3.09. The third kappa shape index (κ3) is 5.98. The van der Waals surface area contributed by atoms with Crippen LogP contribution in [0, 0.1) is 6.92 Å². The van der Waals surface area contributed by atoms with Crippen molar-refractivity contribution in [3.05, 3.63) is 64.7 Å². The maximum Gasteiger partial charge on any atom is 0.256 e. The van der Waals surface area contributed by atoms with E-state index < -0.39 is 0 Å². The van der Waals surface area contributed by atoms with E-state index in [4.69, 9.17) is 21.3 Å². The second-order valence-electron chi connectivity index (χ2n) is 11.4. The zero-order chi connectivity index (χ0) is 27.5. The van der Waals surface area contributed by atoms with E-state index in [-0.39, 0.29) is 11.9 Å². The number of piperazine rings is 1. The summed E-state index contributed by atoms with van der Waals surface area (Å²) < 4.78 is 6.22. The summed E-state index contributed by atoms with van der Waals surface area (Å²) in [5, 5.41) is 2.93. The van der Waals surface area contributed by atoms with Crippen LogP contribution in [0.1, 0.15) is 54.4 Å². The largest absolute Gasteiger partial charge is 0.493 e. The number of fused-ring (bicyclic) bond motifs is 3. The number of rotatable bonds is 9. The second kappa shape index (κ2) is 12.2. The van der Waals surface area contributed by atoms with Crippen LogP contribution in [-0.4, -0.2) is 73.8 Å². The lowest BCUT2D eigenvalue weighted by Crippen LogP contribution is -2.46. The summed E-state index contributed by atoms with van der Waals surface area (Å²) in [5.74, 6) is 1.03. The molecule has 0 bridgehead atoms. The Morgan fingerprint density at radius 2 is 1.70 bits per heavy atom. The fourth-order valence-corrected chi connectivity index (χ4v) is 6.37. The lowest BCUT2D eigenvalue weighted by atomic mass is 10.0. The molecule has 2 saturated heterocycles. The summed E-state index contributed by atoms with van der Waals surface area (Å²) in [7, 11) is 0. The highest BCUT2D eigenvalue weighted by atomic mass is 35.5. The lowest BCUT2D eigenvalue weighted by Gasteiger charge is -2.36. The maximum atomic E-state index is 13.1. The minimum absolute atomic E-state index is 0.107. The molecule has 7 heteroatoms. The van der Waals surface area contributed by atoms with Crippen molar-refractivity contribution in [1.82, 2.24) is 9.80 Å². The molecule has 210 valence electrons. The third-order valence-electron chi connectivity index (χ3n) is 8.62. The van der Waals surface area contributed by atoms with Crippen LogP contribution in [0.4, 0.5) is 11.4 Å². The van der Waals surface area contributed by atoms with Crippen LogP contribution in [0.3, 0.4) is 0 Å². The molecule has 1 amide bonds. The van der Waals surface area contributed by atoms with Crippen molar-refractivity contribution < 1.29 is 9.53 Å². The third-order valence-corrected chi connectivity index (χ3v) is 8.87. The zero-order valence-corrected chi connectivity index (χ0v) is 24.2. The monoisotopic (exact) mass is 558 g/mol. The number of amides is 1. The van der Waals surface area contributed by atoms with Gasteiger partial charge in [-0.2, -0.15) is 0 Å². The molecule has 3 aromatic carbocycles. The number of benzene rings is 3. The number of unbranched alkanes of at least 4 members (excludes halogenated alkanes) is 3. The molecule has 0 saturated carbocycles. The number of ether oxygens (including phenoxy) is 1. The molecule has 40 heavy (non-hydrogen) atoms. The molecule has 6 rings (SSSR count). The molecule has 0 N–H and O–H groups in total. The number of carbonyl (C=O) groups excluding carboxylic acids is 1. The van der Waals surface area contributed by atoms with Crippen LogP contribution in [0.5, 0.6) is 5.75 Å². The highest BCUT2D eigenvalue weighted by Gasteiger charge is 2.31. The molecular weight excluding hydrogens is 520 g/mol. The van der Waals surface area contributed by atoms with Crippen LogP contribution >= 0.6 is 11.6 Å². The smallest absolute Gasteiger partial charge is 0.256 e. The lowest BCUT2D eigenvalue weighted by molar-refractivity contribution is 0.0775. The Bertz CT molecular complexity index is 1380. The van der Waals surface area contributed by atoms with E-state index in [0.29, 0.717) is 5.56 Å². The Balaban J connectivity index is 0.943. The topological polar surface area (TPSA) is 48.4 Å². The molecule has 3 aliphatic heterocycles. The van der Waals surface area contributed by atoms with Gasteiger partial charge in [-0.15, -0.1) is 0 Å². The van der Waals surface area contributed by atoms with Gasteiger partial charge >= 0.3 is 0 Å². The van der Waals surface area contributed by atoms with Gasteiger partial charge in [0.1, 0.15) is 5.75 Å². The van der Waals surface area contributed by atoms with Crippen LogP contribution in [0.15, 0.2) is 53.5 Å². The second-order valence-corrected chi connectivity index (χ2v) is 11.8. The van der Waals surface area contributed by atoms with Gasteiger partial charge in [-0.3, -0.25) is 14.7 Å².